The third kappa shape index (κ3) is 3.39. The number of carbonyl (C=O) groups excluding carboxylic acids is 3. The molecule has 0 unspecified atom stereocenters. The molecule has 29 heavy (non-hydrogen) atoms. The number of nitrogens with one attached hydrogen (secondary N) is 2. The van der Waals surface area contributed by atoms with Crippen LogP contribution in [0.4, 0.5) is 0 Å². The Balaban J connectivity index is 1.46. The minimum Gasteiger partial charge on any atom is -0.361 e. The van der Waals surface area contributed by atoms with Crippen molar-refractivity contribution in [2.45, 2.75) is 19.4 Å². The summed E-state index contributed by atoms with van der Waals surface area (Å²) in [6.45, 7) is 1.65. The summed E-state index contributed by atoms with van der Waals surface area (Å²) in [5.41, 5.74) is 7.53. The Hall–Kier alpha value is -3.51. The predicted octanol–water partition coefficient (Wildman–Crippen LogP) is 1.83. The third-order valence-electron chi connectivity index (χ3n) is 5.44. The number of allylic oxidation sites excluding steroid dienone is 1. The maximum absolute atomic E-state index is 12.8. The molecule has 0 saturated heterocycles. The zero-order valence-corrected chi connectivity index (χ0v) is 16.1. The van der Waals surface area contributed by atoms with Crippen molar-refractivity contribution in [1.29, 1.82) is 0 Å². The summed E-state index contributed by atoms with van der Waals surface area (Å²) in [6, 6.07) is 14.1. The van der Waals surface area contributed by atoms with E-state index in [1.807, 2.05) is 30.5 Å². The van der Waals surface area contributed by atoms with Crippen LogP contribution in [-0.2, 0) is 11.2 Å². The topological polar surface area (TPSA) is 107 Å². The lowest BCUT2D eigenvalue weighted by atomic mass is 9.84. The summed E-state index contributed by atoms with van der Waals surface area (Å²) in [5.74, 6) is -0.639. The number of hydrogen-bond acceptors (Lipinski definition) is 3. The Labute approximate surface area is 167 Å². The highest BCUT2D eigenvalue weighted by Crippen LogP contribution is 2.25. The van der Waals surface area contributed by atoms with Gasteiger partial charge < -0.3 is 16.0 Å². The van der Waals surface area contributed by atoms with Crippen molar-refractivity contribution < 1.29 is 20.1 Å². The van der Waals surface area contributed by atoms with E-state index >= 15 is 0 Å². The normalized spacial score (nSPS) is 14.8. The fourth-order valence-corrected chi connectivity index (χ4v) is 3.74. The number of H-pyrrole nitrogens is 1. The molecular weight excluding hydrogens is 366 g/mol. The summed E-state index contributed by atoms with van der Waals surface area (Å²) in [4.78, 5) is 41.1. The second-order valence-corrected chi connectivity index (χ2v) is 7.29. The third-order valence-corrected chi connectivity index (χ3v) is 5.44. The highest BCUT2D eigenvalue weighted by Gasteiger charge is 2.30. The van der Waals surface area contributed by atoms with Crippen LogP contribution in [0, 0.1) is 0 Å². The average Bonchev–Trinajstić information content (AvgIpc) is 3.14. The van der Waals surface area contributed by atoms with Crippen LogP contribution >= 0.6 is 0 Å². The zero-order chi connectivity index (χ0) is 20.5. The van der Waals surface area contributed by atoms with Gasteiger partial charge in [0.1, 0.15) is 0 Å². The van der Waals surface area contributed by atoms with Crippen molar-refractivity contribution in [3.63, 3.8) is 0 Å². The van der Waals surface area contributed by atoms with Gasteiger partial charge in [-0.15, -0.1) is 0 Å². The first kappa shape index (κ1) is 18.8. The number of fused-ring (bicyclic) bond motifs is 2. The van der Waals surface area contributed by atoms with Crippen LogP contribution in [-0.4, -0.2) is 35.0 Å². The minimum atomic E-state index is -0.517. The second kappa shape index (κ2) is 7.48. The smallest absolute Gasteiger partial charge is 0.278 e. The number of para-hydroxylation sites is 1. The average molecular weight is 388 g/mol. The van der Waals surface area contributed by atoms with Crippen molar-refractivity contribution >= 4 is 28.4 Å². The molecule has 1 heterocycles. The number of rotatable bonds is 5. The fourth-order valence-electron chi connectivity index (χ4n) is 3.74. The van der Waals surface area contributed by atoms with Gasteiger partial charge in [-0.2, -0.15) is 0 Å². The first-order valence-electron chi connectivity index (χ1n) is 9.51. The maximum atomic E-state index is 12.8. The molecule has 0 spiro atoms. The Bertz CT molecular complexity index is 1170. The van der Waals surface area contributed by atoms with Gasteiger partial charge in [0.2, 0.25) is 0 Å². The summed E-state index contributed by atoms with van der Waals surface area (Å²) in [7, 11) is 0. The van der Waals surface area contributed by atoms with Gasteiger partial charge in [0.05, 0.1) is 0 Å². The number of ketones is 2. The molecule has 5 N–H and O–H groups in total. The summed E-state index contributed by atoms with van der Waals surface area (Å²) < 4.78 is 0. The lowest BCUT2D eigenvalue weighted by molar-refractivity contribution is -0.403. The van der Waals surface area contributed by atoms with Crippen molar-refractivity contribution in [2.24, 2.45) is 0 Å². The van der Waals surface area contributed by atoms with E-state index in [4.69, 9.17) is 0 Å². The SMILES string of the molecule is CC1=C(CNC(=O)[C@H]([NH3+])Cc2c[nH]c3ccccc23)C(=O)c2ccccc2C1=O. The molecule has 6 nitrogen and oxygen atoms in total. The second-order valence-electron chi connectivity index (χ2n) is 7.29. The number of aromatic nitrogens is 1. The minimum absolute atomic E-state index is 0.0173. The zero-order valence-electron chi connectivity index (χ0n) is 16.1. The Morgan fingerprint density at radius 2 is 1.69 bits per heavy atom. The van der Waals surface area contributed by atoms with E-state index < -0.39 is 6.04 Å². The van der Waals surface area contributed by atoms with Gasteiger partial charge in [-0.3, -0.25) is 14.4 Å². The lowest BCUT2D eigenvalue weighted by Crippen LogP contribution is -2.68. The van der Waals surface area contributed by atoms with Crippen molar-refractivity contribution in [3.05, 3.63) is 82.6 Å². The van der Waals surface area contributed by atoms with E-state index in [2.05, 4.69) is 16.0 Å². The first-order chi connectivity index (χ1) is 14.0. The molecule has 1 aliphatic carbocycles. The number of benzene rings is 2. The van der Waals surface area contributed by atoms with E-state index in [1.165, 1.54) is 0 Å². The Morgan fingerprint density at radius 3 is 2.45 bits per heavy atom. The van der Waals surface area contributed by atoms with Crippen LogP contribution in [0.3, 0.4) is 0 Å². The molecule has 146 valence electrons. The van der Waals surface area contributed by atoms with Gasteiger partial charge in [-0.05, 0) is 18.6 Å². The molecule has 0 saturated carbocycles. The molecule has 0 fully saturated rings. The molecule has 3 aromatic rings. The van der Waals surface area contributed by atoms with E-state index in [9.17, 15) is 14.4 Å². The fraction of sp³-hybridized carbons (Fsp3) is 0.174. The molecule has 4 rings (SSSR count). The molecule has 2 aromatic carbocycles. The number of aromatic amines is 1. The molecule has 0 aliphatic heterocycles. The van der Waals surface area contributed by atoms with Crippen LogP contribution < -0.4 is 11.1 Å². The van der Waals surface area contributed by atoms with Crippen molar-refractivity contribution in [1.82, 2.24) is 10.3 Å². The monoisotopic (exact) mass is 388 g/mol. The number of amides is 1. The van der Waals surface area contributed by atoms with Crippen LogP contribution in [0.2, 0.25) is 0 Å². The van der Waals surface area contributed by atoms with Gasteiger partial charge in [0.25, 0.3) is 5.91 Å². The number of hydrogen-bond donors (Lipinski definition) is 3. The van der Waals surface area contributed by atoms with Crippen molar-refractivity contribution in [3.8, 4) is 0 Å². The van der Waals surface area contributed by atoms with Gasteiger partial charge >= 0.3 is 0 Å². The first-order valence-corrected chi connectivity index (χ1v) is 9.51. The van der Waals surface area contributed by atoms with E-state index in [0.29, 0.717) is 28.7 Å². The van der Waals surface area contributed by atoms with Gasteiger partial charge in [0, 0.05) is 52.3 Å². The van der Waals surface area contributed by atoms with Gasteiger partial charge in [0.15, 0.2) is 17.6 Å². The summed E-state index contributed by atoms with van der Waals surface area (Å²) >= 11 is 0. The largest absolute Gasteiger partial charge is 0.361 e. The Kier molecular flexibility index (Phi) is 4.86. The molecule has 0 radical (unpaired) electrons. The maximum Gasteiger partial charge on any atom is 0.278 e. The predicted molar refractivity (Wildman–Crippen MR) is 109 cm³/mol. The lowest BCUT2D eigenvalue weighted by Gasteiger charge is -2.19. The highest BCUT2D eigenvalue weighted by atomic mass is 16.2. The van der Waals surface area contributed by atoms with Crippen LogP contribution in [0.15, 0.2) is 65.9 Å². The number of Topliss-reactive ketones (excluding diaryl/α,β-unsaturated/α-hetero) is 2. The molecule has 6 heteroatoms. The standard InChI is InChI=1S/C23H21N3O3/c1-13-18(22(28)17-8-3-2-7-16(17)21(13)27)12-26-23(29)19(24)10-14-11-25-20-9-5-4-6-15(14)20/h2-9,11,19,25H,10,12,24H2,1H3,(H,26,29)/p+1/t19-/m1/s1. The van der Waals surface area contributed by atoms with Crippen LogP contribution in [0.25, 0.3) is 10.9 Å². The van der Waals surface area contributed by atoms with Crippen molar-refractivity contribution in [2.75, 3.05) is 6.54 Å². The number of quaternary nitrogens is 1. The summed E-state index contributed by atoms with van der Waals surface area (Å²) in [5, 5.41) is 3.85. The molecule has 0 bridgehead atoms. The highest BCUT2D eigenvalue weighted by molar-refractivity contribution is 6.26. The molecular formula is C23H22N3O3+. The number of carbonyl (C=O) groups is 3. The quantitative estimate of drug-likeness (QED) is 0.621. The van der Waals surface area contributed by atoms with E-state index in [1.54, 1.807) is 31.2 Å². The van der Waals surface area contributed by atoms with E-state index in [0.717, 1.165) is 16.5 Å². The van der Waals surface area contributed by atoms with Crippen LogP contribution in [0.1, 0.15) is 33.2 Å². The van der Waals surface area contributed by atoms with Gasteiger partial charge in [-0.1, -0.05) is 42.5 Å². The molecule has 1 aromatic heterocycles. The van der Waals surface area contributed by atoms with E-state index in [-0.39, 0.29) is 24.0 Å². The molecule has 1 aliphatic rings. The molecule has 1 amide bonds. The summed E-state index contributed by atoms with van der Waals surface area (Å²) in [6.07, 6.45) is 2.37. The Morgan fingerprint density at radius 1 is 1.03 bits per heavy atom. The van der Waals surface area contributed by atoms with Crippen LogP contribution in [0.5, 0.6) is 0 Å². The molecule has 1 atom stereocenters. The van der Waals surface area contributed by atoms with Gasteiger partial charge in [-0.25, -0.2) is 0 Å².